The van der Waals surface area contributed by atoms with Crippen LogP contribution in [0.5, 0.6) is 0 Å². The number of fused-ring (bicyclic) bond motifs is 1. The van der Waals surface area contributed by atoms with Crippen LogP contribution in [0.2, 0.25) is 0 Å². The number of carbonyl (C=O) groups excluding carboxylic acids is 2. The van der Waals surface area contributed by atoms with Crippen molar-refractivity contribution in [1.29, 1.82) is 0 Å². The number of thiophene rings is 1. The number of rotatable bonds is 5. The first-order chi connectivity index (χ1) is 12.0. The van der Waals surface area contributed by atoms with Gasteiger partial charge in [0.05, 0.1) is 18.7 Å². The van der Waals surface area contributed by atoms with Gasteiger partial charge in [0, 0.05) is 11.0 Å². The van der Waals surface area contributed by atoms with Crippen molar-refractivity contribution in [2.24, 2.45) is 0 Å². The number of methoxy groups -OCH3 is 1. The second-order valence-corrected chi connectivity index (χ2v) is 6.41. The molecule has 9 heteroatoms. The topological polar surface area (TPSA) is 112 Å². The van der Waals surface area contributed by atoms with Crippen molar-refractivity contribution < 1.29 is 23.7 Å². The molecule has 8 nitrogen and oxygen atoms in total. The van der Waals surface area contributed by atoms with E-state index in [4.69, 9.17) is 9.15 Å². The Bertz CT molecular complexity index is 879. The van der Waals surface area contributed by atoms with E-state index in [9.17, 15) is 19.7 Å². The first-order valence-corrected chi connectivity index (χ1v) is 8.27. The highest BCUT2D eigenvalue weighted by Gasteiger charge is 2.27. The lowest BCUT2D eigenvalue weighted by Crippen LogP contribution is -2.12. The molecule has 0 radical (unpaired) electrons. The molecule has 0 spiro atoms. The van der Waals surface area contributed by atoms with Crippen molar-refractivity contribution in [3.05, 3.63) is 50.1 Å². The predicted molar refractivity (Wildman–Crippen MR) is 90.7 cm³/mol. The second kappa shape index (κ2) is 6.89. The Morgan fingerprint density at radius 2 is 2.20 bits per heavy atom. The second-order valence-electron chi connectivity index (χ2n) is 5.31. The van der Waals surface area contributed by atoms with Crippen LogP contribution in [0.4, 0.5) is 10.9 Å². The number of nitro groups is 1. The molecular formula is C16H14N2O6S. The number of anilines is 1. The normalized spacial score (nSPS) is 13.0. The summed E-state index contributed by atoms with van der Waals surface area (Å²) in [4.78, 5) is 35.1. The largest absolute Gasteiger partial charge is 0.465 e. The van der Waals surface area contributed by atoms with Crippen LogP contribution in [-0.2, 0) is 22.4 Å². The van der Waals surface area contributed by atoms with E-state index in [0.717, 1.165) is 29.7 Å². The molecule has 0 unspecified atom stereocenters. The van der Waals surface area contributed by atoms with Crippen molar-refractivity contribution >= 4 is 40.2 Å². The van der Waals surface area contributed by atoms with Gasteiger partial charge in [0.2, 0.25) is 5.91 Å². The van der Waals surface area contributed by atoms with Gasteiger partial charge in [-0.1, -0.05) is 0 Å². The first kappa shape index (κ1) is 16.9. The number of nitrogens with zero attached hydrogens (tertiary/aromatic N) is 1. The summed E-state index contributed by atoms with van der Waals surface area (Å²) < 4.78 is 9.75. The average molecular weight is 362 g/mol. The van der Waals surface area contributed by atoms with Crippen molar-refractivity contribution in [1.82, 2.24) is 0 Å². The van der Waals surface area contributed by atoms with E-state index in [0.29, 0.717) is 10.6 Å². The molecule has 0 bridgehead atoms. The molecule has 0 saturated carbocycles. The number of nitrogens with one attached hydrogen (secondary N) is 1. The van der Waals surface area contributed by atoms with Gasteiger partial charge in [0.15, 0.2) is 0 Å². The lowest BCUT2D eigenvalue weighted by atomic mass is 10.1. The number of hydrogen-bond acceptors (Lipinski definition) is 7. The van der Waals surface area contributed by atoms with Crippen LogP contribution >= 0.6 is 11.3 Å². The Hall–Kier alpha value is -2.94. The molecular weight excluding hydrogens is 348 g/mol. The highest BCUT2D eigenvalue weighted by Crippen LogP contribution is 2.39. The van der Waals surface area contributed by atoms with Gasteiger partial charge in [0.25, 0.3) is 0 Å². The van der Waals surface area contributed by atoms with Gasteiger partial charge in [-0.05, 0) is 37.0 Å². The minimum absolute atomic E-state index is 0.184. The molecule has 0 aliphatic heterocycles. The fourth-order valence-corrected chi connectivity index (χ4v) is 3.93. The smallest absolute Gasteiger partial charge is 0.433 e. The Kier molecular flexibility index (Phi) is 4.66. The predicted octanol–water partition coefficient (Wildman–Crippen LogP) is 3.18. The van der Waals surface area contributed by atoms with E-state index < -0.39 is 22.7 Å². The monoisotopic (exact) mass is 362 g/mol. The summed E-state index contributed by atoms with van der Waals surface area (Å²) in [5.74, 6) is -1.16. The summed E-state index contributed by atoms with van der Waals surface area (Å²) in [6.45, 7) is 0. The number of furan rings is 1. The zero-order valence-electron chi connectivity index (χ0n) is 13.2. The van der Waals surface area contributed by atoms with Crippen LogP contribution in [0.25, 0.3) is 6.08 Å². The van der Waals surface area contributed by atoms with Gasteiger partial charge in [-0.15, -0.1) is 11.3 Å². The maximum absolute atomic E-state index is 12.1. The highest BCUT2D eigenvalue weighted by atomic mass is 32.1. The van der Waals surface area contributed by atoms with Crippen LogP contribution in [-0.4, -0.2) is 23.9 Å². The molecule has 0 aromatic carbocycles. The molecule has 0 fully saturated rings. The maximum Gasteiger partial charge on any atom is 0.433 e. The van der Waals surface area contributed by atoms with Gasteiger partial charge in [0.1, 0.15) is 15.7 Å². The Morgan fingerprint density at radius 3 is 2.88 bits per heavy atom. The number of carbonyl (C=O) groups is 2. The van der Waals surface area contributed by atoms with Gasteiger partial charge >= 0.3 is 11.9 Å². The lowest BCUT2D eigenvalue weighted by Gasteiger charge is -2.04. The number of amides is 1. The third-order valence-electron chi connectivity index (χ3n) is 3.74. The zero-order chi connectivity index (χ0) is 18.0. The summed E-state index contributed by atoms with van der Waals surface area (Å²) in [7, 11) is 1.30. The molecule has 2 aromatic heterocycles. The van der Waals surface area contributed by atoms with Gasteiger partial charge in [-0.3, -0.25) is 14.9 Å². The molecule has 1 aliphatic carbocycles. The van der Waals surface area contributed by atoms with E-state index >= 15 is 0 Å². The minimum Gasteiger partial charge on any atom is -0.465 e. The van der Waals surface area contributed by atoms with Crippen LogP contribution in [0.15, 0.2) is 22.6 Å². The van der Waals surface area contributed by atoms with E-state index in [2.05, 4.69) is 5.32 Å². The molecule has 0 saturated heterocycles. The molecule has 1 N–H and O–H groups in total. The molecule has 1 aliphatic rings. The van der Waals surface area contributed by atoms with E-state index in [-0.39, 0.29) is 5.76 Å². The summed E-state index contributed by atoms with van der Waals surface area (Å²) in [5.41, 5.74) is 1.35. The Labute approximate surface area is 146 Å². The summed E-state index contributed by atoms with van der Waals surface area (Å²) in [6, 6.07) is 2.60. The fraction of sp³-hybridized carbons (Fsp3) is 0.250. The van der Waals surface area contributed by atoms with E-state index in [1.54, 1.807) is 0 Å². The van der Waals surface area contributed by atoms with Crippen molar-refractivity contribution in [3.8, 4) is 0 Å². The lowest BCUT2D eigenvalue weighted by molar-refractivity contribution is -0.402. The Balaban J connectivity index is 1.75. The standard InChI is InChI=1S/C16H14N2O6S/c1-23-16(20)14-10-3-2-4-11(10)25-15(14)17-12(19)7-5-9-6-8-13(24-9)18(21)22/h5-8H,2-4H2,1H3,(H,17,19)/b7-5+. The van der Waals surface area contributed by atoms with Crippen LogP contribution in [0, 0.1) is 10.1 Å². The highest BCUT2D eigenvalue weighted by molar-refractivity contribution is 7.17. The molecule has 0 atom stereocenters. The van der Waals surface area contributed by atoms with E-state index in [1.807, 2.05) is 0 Å². The molecule has 2 heterocycles. The minimum atomic E-state index is -0.659. The fourth-order valence-electron chi connectivity index (χ4n) is 2.65. The molecule has 25 heavy (non-hydrogen) atoms. The molecule has 2 aromatic rings. The average Bonchev–Trinajstić information content (AvgIpc) is 3.27. The first-order valence-electron chi connectivity index (χ1n) is 7.45. The molecule has 130 valence electrons. The molecule has 1 amide bonds. The van der Waals surface area contributed by atoms with Gasteiger partial charge < -0.3 is 14.5 Å². The number of hydrogen-bond donors (Lipinski definition) is 1. The Morgan fingerprint density at radius 1 is 1.40 bits per heavy atom. The van der Waals surface area contributed by atoms with Gasteiger partial charge in [-0.25, -0.2) is 4.79 Å². The van der Waals surface area contributed by atoms with Crippen LogP contribution in [0.1, 0.15) is 33.0 Å². The number of ether oxygens (including phenoxy) is 1. The van der Waals surface area contributed by atoms with E-state index in [1.165, 1.54) is 42.7 Å². The number of aryl methyl sites for hydroxylation is 1. The van der Waals surface area contributed by atoms with Crippen molar-refractivity contribution in [3.63, 3.8) is 0 Å². The van der Waals surface area contributed by atoms with Crippen LogP contribution < -0.4 is 5.32 Å². The van der Waals surface area contributed by atoms with Crippen molar-refractivity contribution in [2.45, 2.75) is 19.3 Å². The SMILES string of the molecule is COC(=O)c1c(NC(=O)/C=C/c2ccc([N+](=O)[O-])o2)sc2c1CCC2. The third kappa shape index (κ3) is 3.45. The molecule has 3 rings (SSSR count). The summed E-state index contributed by atoms with van der Waals surface area (Å²) in [5, 5.41) is 13.7. The van der Waals surface area contributed by atoms with Gasteiger partial charge in [-0.2, -0.15) is 0 Å². The summed E-state index contributed by atoms with van der Waals surface area (Å²) >= 11 is 1.37. The van der Waals surface area contributed by atoms with Crippen molar-refractivity contribution in [2.75, 3.05) is 12.4 Å². The zero-order valence-corrected chi connectivity index (χ0v) is 14.1. The third-order valence-corrected chi connectivity index (χ3v) is 4.95. The number of esters is 1. The van der Waals surface area contributed by atoms with Crippen LogP contribution in [0.3, 0.4) is 0 Å². The maximum atomic E-state index is 12.1. The summed E-state index contributed by atoms with van der Waals surface area (Å²) in [6.07, 6.45) is 5.16. The quantitative estimate of drug-likeness (QED) is 0.378.